The van der Waals surface area contributed by atoms with Gasteiger partial charge in [0.1, 0.15) is 0 Å². The molecule has 2 rings (SSSR count). The molecule has 0 bridgehead atoms. The van der Waals surface area contributed by atoms with Gasteiger partial charge in [-0.1, -0.05) is 11.6 Å². The van der Waals surface area contributed by atoms with E-state index in [4.69, 9.17) is 11.6 Å². The summed E-state index contributed by atoms with van der Waals surface area (Å²) in [5.74, 6) is 0. The van der Waals surface area contributed by atoms with Crippen LogP contribution in [0.2, 0.25) is 5.02 Å². The van der Waals surface area contributed by atoms with Crippen molar-refractivity contribution in [2.45, 2.75) is 13.0 Å². The molecular weight excluding hydrogens is 256 g/mol. The molecule has 2 N–H and O–H groups in total. The molecule has 90 valence electrons. The molecule has 1 unspecified atom stereocenters. The van der Waals surface area contributed by atoms with Crippen molar-refractivity contribution in [1.29, 1.82) is 0 Å². The van der Waals surface area contributed by atoms with Crippen LogP contribution in [0.15, 0.2) is 29.6 Å². The number of benzene rings is 1. The molecule has 0 radical (unpaired) electrons. The van der Waals surface area contributed by atoms with Gasteiger partial charge in [-0.25, -0.2) is 4.98 Å². The maximum atomic E-state index is 9.38. The van der Waals surface area contributed by atoms with E-state index in [-0.39, 0.29) is 12.6 Å². The van der Waals surface area contributed by atoms with Gasteiger partial charge in [0, 0.05) is 16.1 Å². The van der Waals surface area contributed by atoms with Crippen LogP contribution in [0.1, 0.15) is 16.7 Å². The Morgan fingerprint density at radius 1 is 1.41 bits per heavy atom. The highest BCUT2D eigenvalue weighted by Crippen LogP contribution is 2.22. The second kappa shape index (κ2) is 5.49. The fourth-order valence-electron chi connectivity index (χ4n) is 1.50. The van der Waals surface area contributed by atoms with E-state index in [9.17, 15) is 5.11 Å². The summed E-state index contributed by atoms with van der Waals surface area (Å²) >= 11 is 7.39. The third kappa shape index (κ3) is 3.19. The largest absolute Gasteiger partial charge is 0.394 e. The van der Waals surface area contributed by atoms with Crippen LogP contribution in [0, 0.1) is 6.92 Å². The van der Waals surface area contributed by atoms with Gasteiger partial charge < -0.3 is 10.4 Å². The first-order chi connectivity index (χ1) is 8.19. The Kier molecular flexibility index (Phi) is 3.99. The molecule has 17 heavy (non-hydrogen) atoms. The number of aromatic nitrogens is 1. The number of hydrogen-bond acceptors (Lipinski definition) is 4. The monoisotopic (exact) mass is 268 g/mol. The van der Waals surface area contributed by atoms with E-state index in [1.807, 2.05) is 36.6 Å². The zero-order valence-electron chi connectivity index (χ0n) is 9.35. The standard InChI is InChI=1S/C12H13ClN2OS/c1-8-14-12(7-17-8)11(6-16)15-10-4-2-9(13)3-5-10/h2-5,7,11,15-16H,6H2,1H3. The molecule has 0 aliphatic heterocycles. The molecule has 1 aromatic heterocycles. The van der Waals surface area contributed by atoms with Crippen molar-refractivity contribution in [3.63, 3.8) is 0 Å². The minimum absolute atomic E-state index is 0.00575. The van der Waals surface area contributed by atoms with Crippen LogP contribution >= 0.6 is 22.9 Å². The highest BCUT2D eigenvalue weighted by atomic mass is 35.5. The second-order valence-electron chi connectivity index (χ2n) is 3.68. The van der Waals surface area contributed by atoms with E-state index >= 15 is 0 Å². The molecule has 3 nitrogen and oxygen atoms in total. The maximum absolute atomic E-state index is 9.38. The van der Waals surface area contributed by atoms with E-state index < -0.39 is 0 Å². The fraction of sp³-hybridized carbons (Fsp3) is 0.250. The number of rotatable bonds is 4. The van der Waals surface area contributed by atoms with E-state index in [0.29, 0.717) is 5.02 Å². The summed E-state index contributed by atoms with van der Waals surface area (Å²) in [5.41, 5.74) is 1.78. The smallest absolute Gasteiger partial charge is 0.0926 e. The van der Waals surface area contributed by atoms with Crippen molar-refractivity contribution in [3.8, 4) is 0 Å². The highest BCUT2D eigenvalue weighted by molar-refractivity contribution is 7.09. The lowest BCUT2D eigenvalue weighted by Gasteiger charge is -2.15. The predicted molar refractivity (Wildman–Crippen MR) is 71.8 cm³/mol. The minimum atomic E-state index is -0.180. The van der Waals surface area contributed by atoms with Gasteiger partial charge >= 0.3 is 0 Å². The van der Waals surface area contributed by atoms with Crippen molar-refractivity contribution in [2.75, 3.05) is 11.9 Å². The number of hydrogen-bond donors (Lipinski definition) is 2. The number of thiazole rings is 1. The van der Waals surface area contributed by atoms with Gasteiger partial charge in [-0.05, 0) is 31.2 Å². The Morgan fingerprint density at radius 3 is 2.65 bits per heavy atom. The van der Waals surface area contributed by atoms with Crippen LogP contribution < -0.4 is 5.32 Å². The second-order valence-corrected chi connectivity index (χ2v) is 5.18. The summed E-state index contributed by atoms with van der Waals surface area (Å²) in [6.45, 7) is 1.96. The van der Waals surface area contributed by atoms with Gasteiger partial charge in [0.2, 0.25) is 0 Å². The van der Waals surface area contributed by atoms with E-state index in [1.54, 1.807) is 11.3 Å². The van der Waals surface area contributed by atoms with Gasteiger partial charge in [0.05, 0.1) is 23.4 Å². The molecule has 1 atom stereocenters. The topological polar surface area (TPSA) is 45.2 Å². The van der Waals surface area contributed by atoms with Crippen LogP contribution in [0.3, 0.4) is 0 Å². The zero-order valence-corrected chi connectivity index (χ0v) is 10.9. The van der Waals surface area contributed by atoms with Gasteiger partial charge in [-0.2, -0.15) is 0 Å². The van der Waals surface area contributed by atoms with E-state index in [2.05, 4.69) is 10.3 Å². The number of aryl methyl sites for hydroxylation is 1. The third-order valence-electron chi connectivity index (χ3n) is 2.36. The summed E-state index contributed by atoms with van der Waals surface area (Å²) < 4.78 is 0. The van der Waals surface area contributed by atoms with Crippen molar-refractivity contribution >= 4 is 28.6 Å². The number of anilines is 1. The molecule has 1 aromatic carbocycles. The zero-order chi connectivity index (χ0) is 12.3. The first-order valence-electron chi connectivity index (χ1n) is 5.24. The number of halogens is 1. The summed E-state index contributed by atoms with van der Waals surface area (Å²) in [6, 6.07) is 7.20. The van der Waals surface area contributed by atoms with Crippen molar-refractivity contribution in [3.05, 3.63) is 45.4 Å². The summed E-state index contributed by atoms with van der Waals surface area (Å²) in [5, 5.41) is 16.3. The average Bonchev–Trinajstić information content (AvgIpc) is 2.75. The van der Waals surface area contributed by atoms with Crippen LogP contribution in [-0.2, 0) is 0 Å². The SMILES string of the molecule is Cc1nc(C(CO)Nc2ccc(Cl)cc2)cs1. The van der Waals surface area contributed by atoms with Crippen LogP contribution in [0.4, 0.5) is 5.69 Å². The van der Waals surface area contributed by atoms with Gasteiger partial charge in [0.15, 0.2) is 0 Å². The van der Waals surface area contributed by atoms with Crippen LogP contribution in [0.25, 0.3) is 0 Å². The van der Waals surface area contributed by atoms with E-state index in [1.165, 1.54) is 0 Å². The molecular formula is C12H13ClN2OS. The Morgan fingerprint density at radius 2 is 2.12 bits per heavy atom. The van der Waals surface area contributed by atoms with Crippen molar-refractivity contribution < 1.29 is 5.11 Å². The molecule has 0 spiro atoms. The number of nitrogens with one attached hydrogen (secondary N) is 1. The lowest BCUT2D eigenvalue weighted by molar-refractivity contribution is 0.274. The Bertz CT molecular complexity index is 484. The number of aliphatic hydroxyl groups is 1. The van der Waals surface area contributed by atoms with E-state index in [0.717, 1.165) is 16.4 Å². The normalized spacial score (nSPS) is 12.4. The van der Waals surface area contributed by atoms with Crippen molar-refractivity contribution in [2.24, 2.45) is 0 Å². The van der Waals surface area contributed by atoms with Crippen molar-refractivity contribution in [1.82, 2.24) is 4.98 Å². The molecule has 0 saturated carbocycles. The van der Waals surface area contributed by atoms with Gasteiger partial charge in [-0.15, -0.1) is 11.3 Å². The summed E-state index contributed by atoms with van der Waals surface area (Å²) in [4.78, 5) is 4.37. The minimum Gasteiger partial charge on any atom is -0.394 e. The van der Waals surface area contributed by atoms with Gasteiger partial charge in [0.25, 0.3) is 0 Å². The summed E-state index contributed by atoms with van der Waals surface area (Å²) in [7, 11) is 0. The quantitative estimate of drug-likeness (QED) is 0.895. The lowest BCUT2D eigenvalue weighted by atomic mass is 10.2. The molecule has 0 fully saturated rings. The fourth-order valence-corrected chi connectivity index (χ4v) is 2.29. The Hall–Kier alpha value is -1.10. The first-order valence-corrected chi connectivity index (χ1v) is 6.50. The molecule has 1 heterocycles. The molecule has 2 aromatic rings. The number of aliphatic hydroxyl groups excluding tert-OH is 1. The molecule has 0 saturated heterocycles. The highest BCUT2D eigenvalue weighted by Gasteiger charge is 2.13. The lowest BCUT2D eigenvalue weighted by Crippen LogP contribution is -2.15. The van der Waals surface area contributed by atoms with Gasteiger partial charge in [-0.3, -0.25) is 0 Å². The molecule has 0 amide bonds. The molecule has 0 aliphatic rings. The molecule has 0 aliphatic carbocycles. The Labute approximate surface area is 109 Å². The van der Waals surface area contributed by atoms with Crippen LogP contribution in [0.5, 0.6) is 0 Å². The van der Waals surface area contributed by atoms with Crippen LogP contribution in [-0.4, -0.2) is 16.7 Å². The maximum Gasteiger partial charge on any atom is 0.0926 e. The first kappa shape index (κ1) is 12.4. The average molecular weight is 269 g/mol. The molecule has 5 heteroatoms. The predicted octanol–water partition coefficient (Wildman–Crippen LogP) is 3.25. The Balaban J connectivity index is 2.12. The third-order valence-corrected chi connectivity index (χ3v) is 3.41. The number of nitrogens with zero attached hydrogens (tertiary/aromatic N) is 1. The summed E-state index contributed by atoms with van der Waals surface area (Å²) in [6.07, 6.45) is 0.